The van der Waals surface area contributed by atoms with Crippen molar-refractivity contribution in [2.45, 2.75) is 39.5 Å². The fourth-order valence-corrected chi connectivity index (χ4v) is 14.9. The second-order valence-corrected chi connectivity index (χ2v) is 23.3. The van der Waals surface area contributed by atoms with Crippen molar-refractivity contribution >= 4 is 165 Å². The molecule has 0 saturated carbocycles. The molecule has 16 rings (SSSR count). The van der Waals surface area contributed by atoms with Crippen LogP contribution in [0.15, 0.2) is 255 Å². The quantitative estimate of drug-likeness (QED) is 0.0808. The van der Waals surface area contributed by atoms with Crippen LogP contribution in [0.25, 0.3) is 118 Å². The van der Waals surface area contributed by atoms with E-state index in [9.17, 15) is 0 Å². The van der Waals surface area contributed by atoms with E-state index in [0.29, 0.717) is 0 Å². The number of fused-ring (bicyclic) bond motifs is 8. The van der Waals surface area contributed by atoms with E-state index in [-0.39, 0.29) is 25.3 Å². The summed E-state index contributed by atoms with van der Waals surface area (Å²) in [7, 11) is 0. The third-order valence-electron chi connectivity index (χ3n) is 18.3. The Bertz CT molecular complexity index is 4440. The number of rotatable bonds is 8. The third kappa shape index (κ3) is 6.98. The second kappa shape index (κ2) is 18.2. The third-order valence-corrected chi connectivity index (χ3v) is 18.3. The van der Waals surface area contributed by atoms with Gasteiger partial charge in [0, 0.05) is 0 Å². The van der Waals surface area contributed by atoms with Gasteiger partial charge in [-0.3, -0.25) is 0 Å². The average Bonchev–Trinajstić information content (AvgIpc) is 3.68. The first kappa shape index (κ1) is 46.8. The van der Waals surface area contributed by atoms with Gasteiger partial charge in [0.2, 0.25) is 13.4 Å². The van der Waals surface area contributed by atoms with Crippen molar-refractivity contribution in [3.8, 4) is 0 Å². The molecule has 0 heterocycles. The Balaban J connectivity index is 1.12. The van der Waals surface area contributed by atoms with E-state index in [1.165, 1.54) is 162 Å². The highest BCUT2D eigenvalue weighted by molar-refractivity contribution is 7.03. The van der Waals surface area contributed by atoms with E-state index in [0.717, 1.165) is 0 Å². The van der Waals surface area contributed by atoms with Crippen LogP contribution in [0.1, 0.15) is 50.7 Å². The standard InChI is InChI=1S/C78H56B2/c1-47(2)69-45-71(79(75-57-29-13-5-21-49(57)41-50-22-6-14-30-58(50)75)76-59-31-15-7-23-51(59)42-52-24-8-16-32-60(52)76)67-39-40-68-72(46-70(48(3)4)66-38-37-65(69)73(67)74(66)68)80(77-61-33-17-9-25-53(61)43-54-26-10-18-34-62(54)77)78-63-35-19-11-27-55(63)44-56-28-12-20-36-64(56)78/h5-48H,1-4H3. The molecule has 0 amide bonds. The summed E-state index contributed by atoms with van der Waals surface area (Å²) in [6.07, 6.45) is 0. The highest BCUT2D eigenvalue weighted by atomic mass is 14.3. The summed E-state index contributed by atoms with van der Waals surface area (Å²) in [5.74, 6) is 0.488. The van der Waals surface area contributed by atoms with Gasteiger partial charge in [-0.05, 0) is 166 Å². The molecule has 0 aromatic heterocycles. The number of benzene rings is 16. The topological polar surface area (TPSA) is 0 Å². The first-order chi connectivity index (χ1) is 39.4. The molecular formula is C78H56B2. The van der Waals surface area contributed by atoms with Gasteiger partial charge in [-0.25, -0.2) is 0 Å². The molecule has 374 valence electrons. The maximum atomic E-state index is 2.64. The molecule has 0 aliphatic carbocycles. The lowest BCUT2D eigenvalue weighted by atomic mass is 9.33. The number of hydrogen-bond donors (Lipinski definition) is 0. The van der Waals surface area contributed by atoms with Crippen LogP contribution < -0.4 is 32.8 Å². The summed E-state index contributed by atoms with van der Waals surface area (Å²) in [6, 6.07) is 98.1. The van der Waals surface area contributed by atoms with Crippen molar-refractivity contribution in [2.24, 2.45) is 0 Å². The maximum Gasteiger partial charge on any atom is 0.245 e. The smallest absolute Gasteiger partial charge is 0.0623 e. The van der Waals surface area contributed by atoms with Crippen LogP contribution in [0, 0.1) is 0 Å². The van der Waals surface area contributed by atoms with Gasteiger partial charge in [-0.15, -0.1) is 0 Å². The first-order valence-electron chi connectivity index (χ1n) is 28.8. The van der Waals surface area contributed by atoms with Crippen molar-refractivity contribution in [2.75, 3.05) is 0 Å². The Hall–Kier alpha value is -9.23. The Kier molecular flexibility index (Phi) is 10.6. The van der Waals surface area contributed by atoms with Gasteiger partial charge in [0.15, 0.2) is 0 Å². The minimum atomic E-state index is -0.148. The van der Waals surface area contributed by atoms with E-state index in [4.69, 9.17) is 0 Å². The molecule has 16 aromatic carbocycles. The Morgan fingerprint density at radius 3 is 0.625 bits per heavy atom. The largest absolute Gasteiger partial charge is 0.245 e. The summed E-state index contributed by atoms with van der Waals surface area (Å²) >= 11 is 0. The van der Waals surface area contributed by atoms with Gasteiger partial charge in [0.1, 0.15) is 0 Å². The predicted octanol–water partition coefficient (Wildman–Crippen LogP) is 17.1. The number of hydrogen-bond acceptors (Lipinski definition) is 0. The molecule has 0 bridgehead atoms. The summed E-state index contributed by atoms with van der Waals surface area (Å²) < 4.78 is 0. The van der Waals surface area contributed by atoms with E-state index in [2.05, 4.69) is 282 Å². The van der Waals surface area contributed by atoms with Gasteiger partial charge in [0.05, 0.1) is 0 Å². The maximum absolute atomic E-state index is 2.64. The van der Waals surface area contributed by atoms with Crippen molar-refractivity contribution in [1.82, 2.24) is 0 Å². The molecule has 0 atom stereocenters. The highest BCUT2D eigenvalue weighted by Crippen LogP contribution is 2.41. The molecule has 80 heavy (non-hydrogen) atoms. The normalized spacial score (nSPS) is 12.2. The van der Waals surface area contributed by atoms with E-state index in [1.807, 2.05) is 0 Å². The van der Waals surface area contributed by atoms with Crippen LogP contribution in [0.3, 0.4) is 0 Å². The summed E-state index contributed by atoms with van der Waals surface area (Å²) in [4.78, 5) is 0. The molecule has 0 N–H and O–H groups in total. The molecule has 0 aliphatic rings. The van der Waals surface area contributed by atoms with Crippen molar-refractivity contribution in [3.05, 3.63) is 266 Å². The molecule has 0 radical (unpaired) electrons. The second-order valence-electron chi connectivity index (χ2n) is 23.3. The molecule has 0 saturated heterocycles. The highest BCUT2D eigenvalue weighted by Gasteiger charge is 2.36. The van der Waals surface area contributed by atoms with Gasteiger partial charge < -0.3 is 0 Å². The van der Waals surface area contributed by atoms with Crippen LogP contribution in [0.4, 0.5) is 0 Å². The molecule has 16 aromatic rings. The van der Waals surface area contributed by atoms with E-state index >= 15 is 0 Å². The van der Waals surface area contributed by atoms with Gasteiger partial charge in [-0.1, -0.05) is 291 Å². The minimum Gasteiger partial charge on any atom is -0.0623 e. The van der Waals surface area contributed by atoms with Gasteiger partial charge in [-0.2, -0.15) is 0 Å². The van der Waals surface area contributed by atoms with Gasteiger partial charge >= 0.3 is 0 Å². The lowest BCUT2D eigenvalue weighted by molar-refractivity contribution is 0.876. The first-order valence-corrected chi connectivity index (χ1v) is 28.8. The molecule has 2 heteroatoms. The SMILES string of the molecule is CC(C)c1cc(B(c2c3ccccc3cc3ccccc23)c2c3ccccc3cc3ccccc23)c2ccc3c(B(c4c5ccccc5cc5ccccc45)c4c5ccccc5cc5ccccc45)cc(C(C)C)c4ccc1c2c34. The Labute approximate surface area is 467 Å². The lowest BCUT2D eigenvalue weighted by Gasteiger charge is -2.29. The monoisotopic (exact) mass is 1010 g/mol. The molecule has 0 spiro atoms. The van der Waals surface area contributed by atoms with Crippen LogP contribution in [0.5, 0.6) is 0 Å². The van der Waals surface area contributed by atoms with E-state index < -0.39 is 0 Å². The van der Waals surface area contributed by atoms with Crippen molar-refractivity contribution in [3.63, 3.8) is 0 Å². The van der Waals surface area contributed by atoms with Crippen LogP contribution in [-0.4, -0.2) is 13.4 Å². The Morgan fingerprint density at radius 1 is 0.212 bits per heavy atom. The zero-order valence-corrected chi connectivity index (χ0v) is 45.6. The fraction of sp³-hybridized carbons (Fsp3) is 0.0769. The van der Waals surface area contributed by atoms with Crippen LogP contribution in [-0.2, 0) is 0 Å². The van der Waals surface area contributed by atoms with Crippen LogP contribution >= 0.6 is 0 Å². The molecule has 0 aliphatic heterocycles. The minimum absolute atomic E-state index is 0.148. The zero-order chi connectivity index (χ0) is 53.3. The molecule has 0 fully saturated rings. The van der Waals surface area contributed by atoms with Crippen LogP contribution in [0.2, 0.25) is 0 Å². The average molecular weight is 1010 g/mol. The van der Waals surface area contributed by atoms with Gasteiger partial charge in [0.25, 0.3) is 0 Å². The molecule has 0 nitrogen and oxygen atoms in total. The van der Waals surface area contributed by atoms with E-state index in [1.54, 1.807) is 0 Å². The summed E-state index contributed by atoms with van der Waals surface area (Å²) in [6.45, 7) is 9.33. The predicted molar refractivity (Wildman–Crippen MR) is 353 cm³/mol. The lowest BCUT2D eigenvalue weighted by Crippen LogP contribution is -2.54. The molecular weight excluding hydrogens is 958 g/mol. The molecule has 0 unspecified atom stereocenters. The zero-order valence-electron chi connectivity index (χ0n) is 45.6. The van der Waals surface area contributed by atoms with Crippen molar-refractivity contribution in [1.29, 1.82) is 0 Å². The Morgan fingerprint density at radius 2 is 0.412 bits per heavy atom. The summed E-state index contributed by atoms with van der Waals surface area (Å²) in [5.41, 5.74) is 10.9. The van der Waals surface area contributed by atoms with Crippen molar-refractivity contribution < 1.29 is 0 Å². The fourth-order valence-electron chi connectivity index (χ4n) is 14.9. The summed E-state index contributed by atoms with van der Waals surface area (Å²) in [5, 5.41) is 28.5.